The van der Waals surface area contributed by atoms with Crippen LogP contribution in [0.15, 0.2) is 18.2 Å². The molecule has 3 nitrogen and oxygen atoms in total. The van der Waals surface area contributed by atoms with Crippen LogP contribution in [-0.4, -0.2) is 23.6 Å². The predicted molar refractivity (Wildman–Crippen MR) is 61.3 cm³/mol. The zero-order chi connectivity index (χ0) is 11.5. The largest absolute Gasteiger partial charge is 0.489 e. The molecule has 1 aliphatic rings. The number of hydrogen-bond donors (Lipinski definition) is 1. The lowest BCUT2D eigenvalue weighted by molar-refractivity contribution is -0.118. The predicted octanol–water partition coefficient (Wildman–Crippen LogP) is 2.05. The van der Waals surface area contributed by atoms with Gasteiger partial charge >= 0.3 is 0 Å². The van der Waals surface area contributed by atoms with E-state index in [0.29, 0.717) is 18.1 Å². The first kappa shape index (κ1) is 11.5. The molecule has 0 saturated carbocycles. The van der Waals surface area contributed by atoms with Gasteiger partial charge < -0.3 is 10.1 Å². The molecule has 1 heterocycles. The number of thioether (sulfide) groups is 1. The highest BCUT2D eigenvalue weighted by Gasteiger charge is 2.21. The second-order valence-corrected chi connectivity index (χ2v) is 4.85. The number of rotatable bonds is 3. The van der Waals surface area contributed by atoms with Crippen molar-refractivity contribution < 1.29 is 13.9 Å². The van der Waals surface area contributed by atoms with Crippen molar-refractivity contribution in [2.45, 2.75) is 5.37 Å². The third kappa shape index (κ3) is 2.80. The second-order valence-electron chi connectivity index (χ2n) is 3.25. The van der Waals surface area contributed by atoms with Crippen molar-refractivity contribution >= 4 is 29.3 Å². The monoisotopic (exact) mass is 261 g/mol. The molecule has 1 aromatic carbocycles. The van der Waals surface area contributed by atoms with Crippen molar-refractivity contribution in [1.29, 1.82) is 0 Å². The maximum atomic E-state index is 12.7. The van der Waals surface area contributed by atoms with Crippen LogP contribution in [0.2, 0.25) is 5.02 Å². The Morgan fingerprint density at radius 3 is 3.06 bits per heavy atom. The van der Waals surface area contributed by atoms with Gasteiger partial charge in [-0.2, -0.15) is 0 Å². The van der Waals surface area contributed by atoms with E-state index in [-0.39, 0.29) is 16.3 Å². The lowest BCUT2D eigenvalue weighted by atomic mass is 10.3. The van der Waals surface area contributed by atoms with E-state index in [4.69, 9.17) is 16.3 Å². The molecular weight excluding hydrogens is 253 g/mol. The molecule has 16 heavy (non-hydrogen) atoms. The van der Waals surface area contributed by atoms with Crippen LogP contribution in [0.5, 0.6) is 5.75 Å². The Bertz CT molecular complexity index is 416. The molecule has 0 spiro atoms. The third-order valence-corrected chi connectivity index (χ3v) is 3.40. The van der Waals surface area contributed by atoms with Gasteiger partial charge in [0.2, 0.25) is 5.91 Å². The minimum Gasteiger partial charge on any atom is -0.489 e. The summed E-state index contributed by atoms with van der Waals surface area (Å²) in [7, 11) is 0. The fourth-order valence-electron chi connectivity index (χ4n) is 1.29. The fraction of sp³-hybridized carbons (Fsp3) is 0.300. The topological polar surface area (TPSA) is 38.3 Å². The highest BCUT2D eigenvalue weighted by Crippen LogP contribution is 2.26. The van der Waals surface area contributed by atoms with Crippen LogP contribution >= 0.6 is 23.4 Å². The Hall–Kier alpha value is -0.940. The minimum atomic E-state index is -0.402. The smallest absolute Gasteiger partial charge is 0.231 e. The molecule has 6 heteroatoms. The van der Waals surface area contributed by atoms with Gasteiger partial charge in [-0.1, -0.05) is 11.6 Å². The second kappa shape index (κ2) is 4.93. The number of carbonyl (C=O) groups excluding carboxylic acids is 1. The highest BCUT2D eigenvalue weighted by molar-refractivity contribution is 8.01. The van der Waals surface area contributed by atoms with E-state index >= 15 is 0 Å². The maximum absolute atomic E-state index is 12.7. The molecule has 1 saturated heterocycles. The first-order valence-electron chi connectivity index (χ1n) is 4.64. The van der Waals surface area contributed by atoms with Crippen LogP contribution in [0.25, 0.3) is 0 Å². The van der Waals surface area contributed by atoms with E-state index in [1.807, 2.05) is 0 Å². The summed E-state index contributed by atoms with van der Waals surface area (Å²) < 4.78 is 18.1. The number of carbonyl (C=O) groups is 1. The molecule has 1 amide bonds. The Kier molecular flexibility index (Phi) is 3.56. The average molecular weight is 262 g/mol. The van der Waals surface area contributed by atoms with Crippen LogP contribution in [0.1, 0.15) is 0 Å². The van der Waals surface area contributed by atoms with Crippen molar-refractivity contribution in [1.82, 2.24) is 5.32 Å². The van der Waals surface area contributed by atoms with Gasteiger partial charge in [0.25, 0.3) is 0 Å². The number of amides is 1. The summed E-state index contributed by atoms with van der Waals surface area (Å²) in [6.45, 7) is 0.321. The highest BCUT2D eigenvalue weighted by atomic mass is 35.5. The Balaban J connectivity index is 1.92. The van der Waals surface area contributed by atoms with Gasteiger partial charge in [0.05, 0.1) is 10.8 Å². The number of benzene rings is 1. The van der Waals surface area contributed by atoms with Crippen molar-refractivity contribution in [2.24, 2.45) is 0 Å². The van der Waals surface area contributed by atoms with E-state index in [2.05, 4.69) is 5.32 Å². The van der Waals surface area contributed by atoms with Gasteiger partial charge in [0, 0.05) is 0 Å². The van der Waals surface area contributed by atoms with Crippen LogP contribution in [0.3, 0.4) is 0 Å². The van der Waals surface area contributed by atoms with Crippen LogP contribution in [0, 0.1) is 5.82 Å². The number of hydrogen-bond acceptors (Lipinski definition) is 3. The Morgan fingerprint density at radius 1 is 1.62 bits per heavy atom. The molecule has 0 aliphatic carbocycles. The number of nitrogens with one attached hydrogen (secondary N) is 1. The first-order chi connectivity index (χ1) is 7.65. The van der Waals surface area contributed by atoms with E-state index in [1.165, 1.54) is 30.0 Å². The lowest BCUT2D eigenvalue weighted by Crippen LogP contribution is -2.29. The summed E-state index contributed by atoms with van der Waals surface area (Å²) >= 11 is 7.26. The third-order valence-electron chi connectivity index (χ3n) is 2.02. The summed E-state index contributed by atoms with van der Waals surface area (Å²) in [5.74, 6) is 0.472. The van der Waals surface area contributed by atoms with Crippen molar-refractivity contribution in [3.8, 4) is 5.75 Å². The van der Waals surface area contributed by atoms with E-state index < -0.39 is 5.82 Å². The molecule has 0 radical (unpaired) electrons. The molecule has 2 rings (SSSR count). The molecule has 1 fully saturated rings. The molecule has 1 aromatic rings. The molecule has 1 unspecified atom stereocenters. The molecule has 86 valence electrons. The molecule has 1 N–H and O–H groups in total. The Labute approximate surface area is 101 Å². The standard InChI is InChI=1S/C10H9ClFNO2S/c11-7-3-6(12)1-2-8(7)15-4-10-13-9(14)5-16-10/h1-3,10H,4-5H2,(H,13,14). The summed E-state index contributed by atoms with van der Waals surface area (Å²) in [6.07, 6.45) is 0. The molecule has 1 aliphatic heterocycles. The molecule has 1 atom stereocenters. The van der Waals surface area contributed by atoms with Gasteiger partial charge in [-0.05, 0) is 18.2 Å². The fourth-order valence-corrected chi connectivity index (χ4v) is 2.32. The normalized spacial score (nSPS) is 19.6. The van der Waals surface area contributed by atoms with E-state index in [9.17, 15) is 9.18 Å². The minimum absolute atomic E-state index is 0.00352. The molecular formula is C10H9ClFNO2S. The summed E-state index contributed by atoms with van der Waals surface area (Å²) in [4.78, 5) is 10.9. The first-order valence-corrected chi connectivity index (χ1v) is 6.06. The summed E-state index contributed by atoms with van der Waals surface area (Å²) in [5.41, 5.74) is 0. The van der Waals surface area contributed by atoms with Crippen molar-refractivity contribution in [3.63, 3.8) is 0 Å². The number of ether oxygens (including phenoxy) is 1. The zero-order valence-electron chi connectivity index (χ0n) is 8.20. The van der Waals surface area contributed by atoms with Gasteiger partial charge in [-0.15, -0.1) is 11.8 Å². The number of halogens is 2. The lowest BCUT2D eigenvalue weighted by Gasteiger charge is -2.12. The quantitative estimate of drug-likeness (QED) is 0.905. The van der Waals surface area contributed by atoms with Gasteiger partial charge in [0.1, 0.15) is 23.5 Å². The Morgan fingerprint density at radius 2 is 2.44 bits per heavy atom. The SMILES string of the molecule is O=C1CSC(COc2ccc(F)cc2Cl)N1. The molecule has 0 aromatic heterocycles. The summed E-state index contributed by atoms with van der Waals surface area (Å²) in [5, 5.41) is 2.91. The molecule has 0 bridgehead atoms. The van der Waals surface area contributed by atoms with Crippen LogP contribution in [-0.2, 0) is 4.79 Å². The van der Waals surface area contributed by atoms with Crippen molar-refractivity contribution in [3.05, 3.63) is 29.0 Å². The van der Waals surface area contributed by atoms with Gasteiger partial charge in [0.15, 0.2) is 0 Å². The van der Waals surface area contributed by atoms with Crippen molar-refractivity contribution in [2.75, 3.05) is 12.4 Å². The van der Waals surface area contributed by atoms with Gasteiger partial charge in [-0.3, -0.25) is 4.79 Å². The average Bonchev–Trinajstić information content (AvgIpc) is 2.63. The van der Waals surface area contributed by atoms with Crippen LogP contribution in [0.4, 0.5) is 4.39 Å². The van der Waals surface area contributed by atoms with E-state index in [0.717, 1.165) is 0 Å². The van der Waals surface area contributed by atoms with Crippen LogP contribution < -0.4 is 10.1 Å². The zero-order valence-corrected chi connectivity index (χ0v) is 9.78. The maximum Gasteiger partial charge on any atom is 0.231 e. The summed E-state index contributed by atoms with van der Waals surface area (Å²) in [6, 6.07) is 3.94. The van der Waals surface area contributed by atoms with Gasteiger partial charge in [-0.25, -0.2) is 4.39 Å². The van der Waals surface area contributed by atoms with E-state index in [1.54, 1.807) is 0 Å².